The van der Waals surface area contributed by atoms with Gasteiger partial charge in [-0.2, -0.15) is 0 Å². The summed E-state index contributed by atoms with van der Waals surface area (Å²) in [5.41, 5.74) is 7.70. The van der Waals surface area contributed by atoms with Gasteiger partial charge in [-0.05, 0) is 18.8 Å². The van der Waals surface area contributed by atoms with Gasteiger partial charge in [0, 0.05) is 10.8 Å². The molecular weight excluding hydrogens is 228 g/mol. The van der Waals surface area contributed by atoms with Crippen LogP contribution < -0.4 is 5.73 Å². The minimum absolute atomic E-state index is 0.140. The summed E-state index contributed by atoms with van der Waals surface area (Å²) >= 11 is 1.74. The molecule has 0 amide bonds. The van der Waals surface area contributed by atoms with E-state index in [0.717, 1.165) is 5.01 Å². The van der Waals surface area contributed by atoms with E-state index in [9.17, 15) is 0 Å². The second-order valence-corrected chi connectivity index (χ2v) is 7.13. The molecule has 2 N–H and O–H groups in total. The van der Waals surface area contributed by atoms with Gasteiger partial charge in [-0.1, -0.05) is 40.0 Å². The van der Waals surface area contributed by atoms with Gasteiger partial charge >= 0.3 is 0 Å². The van der Waals surface area contributed by atoms with E-state index >= 15 is 0 Å². The fourth-order valence-corrected chi connectivity index (χ4v) is 3.62. The van der Waals surface area contributed by atoms with Crippen molar-refractivity contribution in [1.29, 1.82) is 0 Å². The summed E-state index contributed by atoms with van der Waals surface area (Å²) in [6, 6.07) is 0.163. The van der Waals surface area contributed by atoms with Crippen molar-refractivity contribution < 1.29 is 0 Å². The van der Waals surface area contributed by atoms with Crippen molar-refractivity contribution in [3.05, 3.63) is 16.1 Å². The molecule has 1 fully saturated rings. The molecule has 0 aliphatic heterocycles. The summed E-state index contributed by atoms with van der Waals surface area (Å²) in [4.78, 5) is 4.75. The molecule has 0 aromatic carbocycles. The Morgan fingerprint density at radius 1 is 1.29 bits per heavy atom. The molecule has 2 nitrogen and oxygen atoms in total. The first kappa shape index (κ1) is 13.0. The SMILES string of the molecule is CC(C)(C)c1csc(C(N)C2CCCCC2)n1. The zero-order chi connectivity index (χ0) is 12.5. The third-order valence-corrected chi connectivity index (χ3v) is 4.68. The van der Waals surface area contributed by atoms with Gasteiger partial charge in [0.25, 0.3) is 0 Å². The first-order valence-electron chi connectivity index (χ1n) is 6.70. The highest BCUT2D eigenvalue weighted by molar-refractivity contribution is 7.09. The molecule has 1 atom stereocenters. The van der Waals surface area contributed by atoms with Gasteiger partial charge < -0.3 is 5.73 Å². The molecule has 1 heterocycles. The number of aromatic nitrogens is 1. The standard InChI is InChI=1S/C14H24N2S/c1-14(2,3)11-9-17-13(16-11)12(15)10-7-5-4-6-8-10/h9-10,12H,4-8,15H2,1-3H3. The van der Waals surface area contributed by atoms with E-state index < -0.39 is 0 Å². The van der Waals surface area contributed by atoms with E-state index in [2.05, 4.69) is 26.2 Å². The van der Waals surface area contributed by atoms with E-state index in [1.807, 2.05) is 0 Å². The van der Waals surface area contributed by atoms with Crippen molar-refractivity contribution in [2.75, 3.05) is 0 Å². The Kier molecular flexibility index (Phi) is 3.88. The number of hydrogen-bond acceptors (Lipinski definition) is 3. The van der Waals surface area contributed by atoms with Gasteiger partial charge in [0.1, 0.15) is 5.01 Å². The van der Waals surface area contributed by atoms with Gasteiger partial charge in [-0.3, -0.25) is 0 Å². The average Bonchev–Trinajstić information content (AvgIpc) is 2.78. The third-order valence-electron chi connectivity index (χ3n) is 3.73. The van der Waals surface area contributed by atoms with Crippen molar-refractivity contribution in [3.63, 3.8) is 0 Å². The first-order chi connectivity index (χ1) is 7.98. The Morgan fingerprint density at radius 2 is 1.94 bits per heavy atom. The monoisotopic (exact) mass is 252 g/mol. The summed E-state index contributed by atoms with van der Waals surface area (Å²) in [6.07, 6.45) is 6.64. The molecule has 17 heavy (non-hydrogen) atoms. The van der Waals surface area contributed by atoms with Gasteiger partial charge in [0.2, 0.25) is 0 Å². The van der Waals surface area contributed by atoms with Crippen LogP contribution in [0, 0.1) is 5.92 Å². The number of hydrogen-bond donors (Lipinski definition) is 1. The highest BCUT2D eigenvalue weighted by atomic mass is 32.1. The Hall–Kier alpha value is -0.410. The fourth-order valence-electron chi connectivity index (χ4n) is 2.48. The summed E-state index contributed by atoms with van der Waals surface area (Å²) in [5, 5.41) is 3.32. The second kappa shape index (κ2) is 5.07. The van der Waals surface area contributed by atoms with Crippen molar-refractivity contribution in [2.45, 2.75) is 64.3 Å². The number of thiazole rings is 1. The van der Waals surface area contributed by atoms with Gasteiger partial charge in [-0.25, -0.2) is 4.98 Å². The van der Waals surface area contributed by atoms with E-state index in [0.29, 0.717) is 5.92 Å². The molecule has 3 heteroatoms. The molecule has 0 radical (unpaired) electrons. The maximum Gasteiger partial charge on any atom is 0.110 e. The third kappa shape index (κ3) is 3.08. The van der Waals surface area contributed by atoms with Crippen LogP contribution >= 0.6 is 11.3 Å². The molecule has 1 aliphatic rings. The largest absolute Gasteiger partial charge is 0.322 e. The Balaban J connectivity index is 2.08. The molecule has 1 aliphatic carbocycles. The minimum atomic E-state index is 0.140. The van der Waals surface area contributed by atoms with E-state index in [4.69, 9.17) is 10.7 Å². The summed E-state index contributed by atoms with van der Waals surface area (Å²) in [5.74, 6) is 0.655. The Morgan fingerprint density at radius 3 is 2.47 bits per heavy atom. The lowest BCUT2D eigenvalue weighted by Crippen LogP contribution is -2.23. The highest BCUT2D eigenvalue weighted by Crippen LogP contribution is 2.35. The maximum absolute atomic E-state index is 6.37. The number of nitrogens with two attached hydrogens (primary N) is 1. The number of rotatable bonds is 2. The molecule has 2 rings (SSSR count). The first-order valence-corrected chi connectivity index (χ1v) is 7.58. The predicted octanol–water partition coefficient (Wildman–Crippen LogP) is 4.02. The van der Waals surface area contributed by atoms with Crippen LogP contribution in [-0.2, 0) is 5.41 Å². The van der Waals surface area contributed by atoms with Crippen LogP contribution in [0.3, 0.4) is 0 Å². The lowest BCUT2D eigenvalue weighted by molar-refractivity contribution is 0.307. The van der Waals surface area contributed by atoms with Crippen LogP contribution in [0.25, 0.3) is 0 Å². The van der Waals surface area contributed by atoms with Crippen molar-refractivity contribution in [2.24, 2.45) is 11.7 Å². The smallest absolute Gasteiger partial charge is 0.110 e. The zero-order valence-electron chi connectivity index (χ0n) is 11.2. The Labute approximate surface area is 109 Å². The summed E-state index contributed by atoms with van der Waals surface area (Å²) < 4.78 is 0. The minimum Gasteiger partial charge on any atom is -0.322 e. The van der Waals surface area contributed by atoms with E-state index in [1.165, 1.54) is 37.8 Å². The maximum atomic E-state index is 6.37. The van der Waals surface area contributed by atoms with Crippen LogP contribution in [0.2, 0.25) is 0 Å². The second-order valence-electron chi connectivity index (χ2n) is 6.24. The van der Waals surface area contributed by atoms with Crippen molar-refractivity contribution in [1.82, 2.24) is 4.98 Å². The Bertz CT molecular complexity index is 359. The molecule has 0 saturated heterocycles. The molecule has 0 spiro atoms. The summed E-state index contributed by atoms with van der Waals surface area (Å²) in [6.45, 7) is 6.62. The molecule has 1 aromatic heterocycles. The van der Waals surface area contributed by atoms with Crippen LogP contribution in [0.4, 0.5) is 0 Å². The summed E-state index contributed by atoms with van der Waals surface area (Å²) in [7, 11) is 0. The quantitative estimate of drug-likeness (QED) is 0.863. The fraction of sp³-hybridized carbons (Fsp3) is 0.786. The van der Waals surface area contributed by atoms with E-state index in [1.54, 1.807) is 11.3 Å². The average molecular weight is 252 g/mol. The van der Waals surface area contributed by atoms with Crippen LogP contribution in [-0.4, -0.2) is 4.98 Å². The normalized spacial score (nSPS) is 20.5. The van der Waals surface area contributed by atoms with Gasteiger partial charge in [0.05, 0.1) is 11.7 Å². The predicted molar refractivity (Wildman–Crippen MR) is 74.3 cm³/mol. The topological polar surface area (TPSA) is 38.9 Å². The zero-order valence-corrected chi connectivity index (χ0v) is 12.0. The number of nitrogens with zero attached hydrogens (tertiary/aromatic N) is 1. The van der Waals surface area contributed by atoms with E-state index in [-0.39, 0.29) is 11.5 Å². The molecular formula is C14H24N2S. The van der Waals surface area contributed by atoms with Gasteiger partial charge in [0.15, 0.2) is 0 Å². The van der Waals surface area contributed by atoms with Crippen molar-refractivity contribution >= 4 is 11.3 Å². The molecule has 1 aromatic rings. The molecule has 96 valence electrons. The van der Waals surface area contributed by atoms with Crippen LogP contribution in [0.15, 0.2) is 5.38 Å². The molecule has 0 bridgehead atoms. The van der Waals surface area contributed by atoms with Gasteiger partial charge in [-0.15, -0.1) is 11.3 Å². The van der Waals surface area contributed by atoms with Crippen LogP contribution in [0.1, 0.15) is 69.6 Å². The lowest BCUT2D eigenvalue weighted by Gasteiger charge is -2.26. The highest BCUT2D eigenvalue weighted by Gasteiger charge is 2.25. The van der Waals surface area contributed by atoms with Crippen molar-refractivity contribution in [3.8, 4) is 0 Å². The lowest BCUT2D eigenvalue weighted by atomic mass is 9.84. The molecule has 1 saturated carbocycles. The van der Waals surface area contributed by atoms with Crippen LogP contribution in [0.5, 0.6) is 0 Å². The molecule has 1 unspecified atom stereocenters.